The second-order valence-corrected chi connectivity index (χ2v) is 19.2. The number of nitrogens with zero attached hydrogens (tertiary/aromatic N) is 2. The van der Waals surface area contributed by atoms with Crippen molar-refractivity contribution < 1.29 is 18.9 Å². The van der Waals surface area contributed by atoms with E-state index in [0.29, 0.717) is 0 Å². The van der Waals surface area contributed by atoms with Gasteiger partial charge in [0.25, 0.3) is 0 Å². The fraction of sp³-hybridized carbons (Fsp3) is 0.357. The minimum absolute atomic E-state index is 0.257. The zero-order chi connectivity index (χ0) is 42.1. The maximum absolute atomic E-state index is 6.61. The van der Waals surface area contributed by atoms with Crippen LogP contribution in [0.15, 0.2) is 97.1 Å². The Morgan fingerprint density at radius 1 is 0.312 bits per heavy atom. The van der Waals surface area contributed by atoms with E-state index in [9.17, 15) is 0 Å². The van der Waals surface area contributed by atoms with E-state index >= 15 is 0 Å². The number of rotatable bonds is 8. The summed E-state index contributed by atoms with van der Waals surface area (Å²) in [7, 11) is 0. The van der Waals surface area contributed by atoms with E-state index in [1.807, 2.05) is 0 Å². The van der Waals surface area contributed by atoms with E-state index in [-0.39, 0.29) is 24.4 Å². The molecule has 322 valence electrons. The molecule has 0 unspecified atom stereocenters. The lowest BCUT2D eigenvalue weighted by molar-refractivity contribution is 0.210. The van der Waals surface area contributed by atoms with Gasteiger partial charge < -0.3 is 28.9 Å². The SMILES string of the molecule is c1cc2c(cc1OC1CCCC1)-c1cc3[nH]c(cc4nc(cc5[nH]c(cc-2n1)c1cc(OC2CCCC2)ccc51)-c1cc(OC2CCCC2)ccc1-4)c1cc(OC2CCCC2)ccc31. The van der Waals surface area contributed by atoms with E-state index in [1.165, 1.54) is 51.4 Å². The van der Waals surface area contributed by atoms with Crippen molar-refractivity contribution in [3.8, 4) is 68.0 Å². The number of hydrogen-bond donors (Lipinski definition) is 2. The summed E-state index contributed by atoms with van der Waals surface area (Å²) in [5.41, 5.74) is 11.8. The molecule has 8 heteroatoms. The minimum atomic E-state index is 0.257. The predicted molar refractivity (Wildman–Crippen MR) is 256 cm³/mol. The van der Waals surface area contributed by atoms with Gasteiger partial charge in [-0.05, 0) is 200 Å². The first-order chi connectivity index (χ1) is 31.6. The van der Waals surface area contributed by atoms with E-state index in [0.717, 1.165) is 163 Å². The molecule has 0 radical (unpaired) electrons. The van der Waals surface area contributed by atoms with Crippen molar-refractivity contribution in [2.45, 2.75) is 127 Å². The fourth-order valence-electron chi connectivity index (χ4n) is 11.5. The molecule has 5 heterocycles. The molecule has 7 aromatic rings. The number of ether oxygens (including phenoxy) is 4. The summed E-state index contributed by atoms with van der Waals surface area (Å²) in [5.74, 6) is 3.61. The third-order valence-electron chi connectivity index (χ3n) is 14.8. The predicted octanol–water partition coefficient (Wildman–Crippen LogP) is 14.6. The Labute approximate surface area is 373 Å². The Bertz CT molecular complexity index is 2910. The summed E-state index contributed by atoms with van der Waals surface area (Å²) in [5, 5.41) is 4.41. The van der Waals surface area contributed by atoms with Gasteiger partial charge in [0, 0.05) is 65.9 Å². The molecule has 0 atom stereocenters. The monoisotopic (exact) mass is 846 g/mol. The van der Waals surface area contributed by atoms with Crippen molar-refractivity contribution in [2.75, 3.05) is 0 Å². The summed E-state index contributed by atoms with van der Waals surface area (Å²) in [6.07, 6.45) is 19.6. The maximum atomic E-state index is 6.61. The molecule has 2 N–H and O–H groups in total. The molecule has 4 aliphatic carbocycles. The van der Waals surface area contributed by atoms with Crippen molar-refractivity contribution in [1.29, 1.82) is 0 Å². The average Bonchev–Trinajstić information content (AvgIpc) is 4.16. The Hall–Kier alpha value is -6.28. The summed E-state index contributed by atoms with van der Waals surface area (Å²) >= 11 is 0. The van der Waals surface area contributed by atoms with Crippen molar-refractivity contribution in [3.05, 3.63) is 97.1 Å². The first kappa shape index (κ1) is 38.2. The van der Waals surface area contributed by atoms with Gasteiger partial charge in [-0.1, -0.05) is 0 Å². The number of fused-ring (bicyclic) bond motifs is 20. The number of hydrogen-bond acceptors (Lipinski definition) is 6. The van der Waals surface area contributed by atoms with Crippen LogP contribution in [-0.2, 0) is 0 Å². The summed E-state index contributed by atoms with van der Waals surface area (Å²) in [6, 6.07) is 35.0. The molecular formula is C56H54N4O4. The van der Waals surface area contributed by atoms with Crippen molar-refractivity contribution in [1.82, 2.24) is 19.9 Å². The standard InChI is InChI=1S/C56H54N4O4/c1-2-10-33(9-1)61-37-17-21-41-45(25-37)53-29-50-42-22-18-38(62-34-11-3-4-12-34)26-46(42)55(58-50)31-52-44-24-20-40(64-36-15-7-8-16-36)28-48(44)56(60-52)32-51-43-23-19-39(63-35-13-5-6-14-35)27-47(43)54(59-51)30-49(41)57-53/h17-36,57,60H,1-16H2. The maximum Gasteiger partial charge on any atom is 0.120 e. The van der Waals surface area contributed by atoms with Crippen LogP contribution in [0.1, 0.15) is 103 Å². The highest BCUT2D eigenvalue weighted by Gasteiger charge is 2.25. The molecule has 0 amide bonds. The van der Waals surface area contributed by atoms with Crippen LogP contribution in [0.5, 0.6) is 23.0 Å². The van der Waals surface area contributed by atoms with Gasteiger partial charge in [-0.2, -0.15) is 0 Å². The van der Waals surface area contributed by atoms with Crippen molar-refractivity contribution >= 4 is 43.6 Å². The molecule has 4 saturated carbocycles. The highest BCUT2D eigenvalue weighted by molar-refractivity contribution is 6.11. The van der Waals surface area contributed by atoms with Gasteiger partial charge in [0.1, 0.15) is 23.0 Å². The van der Waals surface area contributed by atoms with E-state index in [2.05, 4.69) is 107 Å². The molecule has 6 aliphatic rings. The van der Waals surface area contributed by atoms with Crippen LogP contribution < -0.4 is 18.9 Å². The molecule has 0 saturated heterocycles. The number of nitrogens with one attached hydrogen (secondary N) is 2. The van der Waals surface area contributed by atoms with Gasteiger partial charge in [-0.15, -0.1) is 0 Å². The highest BCUT2D eigenvalue weighted by Crippen LogP contribution is 2.44. The zero-order valence-electron chi connectivity index (χ0n) is 36.4. The zero-order valence-corrected chi connectivity index (χ0v) is 36.4. The molecule has 4 aromatic carbocycles. The molecule has 13 rings (SSSR count). The number of aromatic nitrogens is 4. The van der Waals surface area contributed by atoms with Crippen LogP contribution >= 0.6 is 0 Å². The van der Waals surface area contributed by atoms with Crippen LogP contribution in [-0.4, -0.2) is 44.4 Å². The molecule has 2 aliphatic heterocycles. The average molecular weight is 847 g/mol. The van der Waals surface area contributed by atoms with E-state index < -0.39 is 0 Å². The molecule has 4 fully saturated rings. The smallest absolute Gasteiger partial charge is 0.120 e. The van der Waals surface area contributed by atoms with Crippen LogP contribution in [0.25, 0.3) is 88.6 Å². The van der Waals surface area contributed by atoms with Crippen LogP contribution in [0.2, 0.25) is 0 Å². The van der Waals surface area contributed by atoms with E-state index in [1.54, 1.807) is 0 Å². The quantitative estimate of drug-likeness (QED) is 0.158. The third-order valence-corrected chi connectivity index (χ3v) is 14.8. The van der Waals surface area contributed by atoms with Gasteiger partial charge in [0.15, 0.2) is 0 Å². The summed E-state index contributed by atoms with van der Waals surface area (Å²) < 4.78 is 26.5. The van der Waals surface area contributed by atoms with Crippen LogP contribution in [0, 0.1) is 0 Å². The van der Waals surface area contributed by atoms with Crippen molar-refractivity contribution in [3.63, 3.8) is 0 Å². The number of H-pyrrole nitrogens is 2. The summed E-state index contributed by atoms with van der Waals surface area (Å²) in [6.45, 7) is 0. The first-order valence-electron chi connectivity index (χ1n) is 24.2. The molecule has 8 nitrogen and oxygen atoms in total. The largest absolute Gasteiger partial charge is 0.490 e. The molecule has 0 spiro atoms. The van der Waals surface area contributed by atoms with Gasteiger partial charge in [0.2, 0.25) is 0 Å². The lowest BCUT2D eigenvalue weighted by Crippen LogP contribution is -2.10. The highest BCUT2D eigenvalue weighted by atomic mass is 16.5. The Morgan fingerprint density at radius 2 is 0.609 bits per heavy atom. The third kappa shape index (κ3) is 7.06. The normalized spacial score (nSPS) is 18.0. The number of aromatic amines is 2. The van der Waals surface area contributed by atoms with Gasteiger partial charge in [0.05, 0.1) is 47.2 Å². The summed E-state index contributed by atoms with van der Waals surface area (Å²) in [4.78, 5) is 18.7. The lowest BCUT2D eigenvalue weighted by atomic mass is 10.0. The topological polar surface area (TPSA) is 94.3 Å². The second-order valence-electron chi connectivity index (χ2n) is 19.2. The lowest BCUT2D eigenvalue weighted by Gasteiger charge is -2.14. The van der Waals surface area contributed by atoms with E-state index in [4.69, 9.17) is 28.9 Å². The minimum Gasteiger partial charge on any atom is -0.490 e. The molecule has 8 bridgehead atoms. The van der Waals surface area contributed by atoms with Gasteiger partial charge in [-0.25, -0.2) is 9.97 Å². The Balaban J connectivity index is 1.06. The molecule has 3 aromatic heterocycles. The Kier molecular flexibility index (Phi) is 9.40. The van der Waals surface area contributed by atoms with Gasteiger partial charge in [-0.3, -0.25) is 0 Å². The second kappa shape index (κ2) is 15.8. The van der Waals surface area contributed by atoms with Crippen molar-refractivity contribution in [2.24, 2.45) is 0 Å². The molecular weight excluding hydrogens is 793 g/mol. The Morgan fingerprint density at radius 3 is 0.969 bits per heavy atom. The van der Waals surface area contributed by atoms with Gasteiger partial charge >= 0.3 is 0 Å². The fourth-order valence-corrected chi connectivity index (χ4v) is 11.5. The first-order valence-corrected chi connectivity index (χ1v) is 24.2. The van der Waals surface area contributed by atoms with Crippen LogP contribution in [0.3, 0.4) is 0 Å². The number of benzene rings is 4. The van der Waals surface area contributed by atoms with Crippen LogP contribution in [0.4, 0.5) is 0 Å². The molecule has 64 heavy (non-hydrogen) atoms.